The summed E-state index contributed by atoms with van der Waals surface area (Å²) in [7, 11) is 0. The smallest absolute Gasteiger partial charge is 0.254 e. The second-order valence-electron chi connectivity index (χ2n) is 6.51. The van der Waals surface area contributed by atoms with Gasteiger partial charge in [0.2, 0.25) is 5.91 Å². The number of aromatic nitrogens is 1. The van der Waals surface area contributed by atoms with E-state index in [1.54, 1.807) is 6.07 Å². The molecule has 1 heterocycles. The van der Waals surface area contributed by atoms with Gasteiger partial charge in [0, 0.05) is 31.4 Å². The summed E-state index contributed by atoms with van der Waals surface area (Å²) in [6.45, 7) is 5.62. The number of unbranched alkanes of at least 4 members (excludes halogenated alkanes) is 1. The second kappa shape index (κ2) is 11.9. The van der Waals surface area contributed by atoms with Crippen LogP contribution >= 0.6 is 0 Å². The van der Waals surface area contributed by atoms with Crippen LogP contribution in [0.4, 0.5) is 5.82 Å². The van der Waals surface area contributed by atoms with Crippen LogP contribution in [0, 0.1) is 0 Å². The number of hydrogen-bond donors (Lipinski definition) is 1. The average molecular weight is 387 g/mol. The maximum atomic E-state index is 12.9. The predicted molar refractivity (Wildman–Crippen MR) is 107 cm³/mol. The molecule has 0 spiro atoms. The zero-order chi connectivity index (χ0) is 20.2. The van der Waals surface area contributed by atoms with E-state index in [9.17, 15) is 9.59 Å². The number of amides is 2. The summed E-state index contributed by atoms with van der Waals surface area (Å²) in [5, 5.41) is 6.28. The van der Waals surface area contributed by atoms with E-state index in [0.717, 1.165) is 19.3 Å². The maximum Gasteiger partial charge on any atom is 0.254 e. The fraction of sp³-hybridized carbons (Fsp3) is 0.476. The molecule has 1 N–H and O–H groups in total. The number of benzene rings is 1. The lowest BCUT2D eigenvalue weighted by molar-refractivity contribution is -0.117. The molecule has 7 heteroatoms. The molecular weight excluding hydrogens is 358 g/mol. The van der Waals surface area contributed by atoms with Gasteiger partial charge >= 0.3 is 0 Å². The van der Waals surface area contributed by atoms with Crippen LogP contribution in [0.5, 0.6) is 0 Å². The first-order valence-corrected chi connectivity index (χ1v) is 9.80. The minimum atomic E-state index is -0.321. The van der Waals surface area contributed by atoms with Crippen LogP contribution in [0.2, 0.25) is 0 Å². The Hall–Kier alpha value is -2.67. The monoisotopic (exact) mass is 387 g/mol. The third-order valence-electron chi connectivity index (χ3n) is 4.27. The van der Waals surface area contributed by atoms with E-state index in [1.165, 1.54) is 16.7 Å². The first-order chi connectivity index (χ1) is 13.6. The zero-order valence-corrected chi connectivity index (χ0v) is 16.6. The molecule has 2 aromatic rings. The van der Waals surface area contributed by atoms with Crippen molar-refractivity contribution in [3.8, 4) is 0 Å². The molecule has 152 valence electrons. The molecule has 2 rings (SSSR count). The van der Waals surface area contributed by atoms with Crippen molar-refractivity contribution >= 4 is 17.6 Å². The summed E-state index contributed by atoms with van der Waals surface area (Å²) in [6.07, 6.45) is 5.29. The molecule has 0 fully saturated rings. The fourth-order valence-corrected chi connectivity index (χ4v) is 2.76. The molecule has 0 atom stereocenters. The van der Waals surface area contributed by atoms with Gasteiger partial charge in [0.1, 0.15) is 12.8 Å². The second-order valence-corrected chi connectivity index (χ2v) is 6.51. The first-order valence-electron chi connectivity index (χ1n) is 9.80. The quantitative estimate of drug-likeness (QED) is 0.563. The van der Waals surface area contributed by atoms with Gasteiger partial charge in [0.25, 0.3) is 5.91 Å². The van der Waals surface area contributed by atoms with Crippen LogP contribution in [0.15, 0.2) is 41.1 Å². The number of hydrogen-bond acceptors (Lipinski definition) is 5. The van der Waals surface area contributed by atoms with Crippen molar-refractivity contribution in [2.24, 2.45) is 0 Å². The number of carbonyl (C=O) groups excluding carboxylic acids is 2. The van der Waals surface area contributed by atoms with Crippen LogP contribution in [0.25, 0.3) is 0 Å². The van der Waals surface area contributed by atoms with Crippen molar-refractivity contribution in [2.45, 2.75) is 39.5 Å². The summed E-state index contributed by atoms with van der Waals surface area (Å²) in [6, 6.07) is 9.18. The molecule has 1 aromatic carbocycles. The summed E-state index contributed by atoms with van der Waals surface area (Å²) in [5.41, 5.74) is 1.79. The van der Waals surface area contributed by atoms with Gasteiger partial charge in [-0.25, -0.2) is 0 Å². The Labute approximate surface area is 166 Å². The average Bonchev–Trinajstić information content (AvgIpc) is 3.21. The van der Waals surface area contributed by atoms with Crippen molar-refractivity contribution in [2.75, 3.05) is 31.6 Å². The van der Waals surface area contributed by atoms with Crippen LogP contribution in [-0.2, 0) is 16.0 Å². The molecule has 0 aliphatic carbocycles. The van der Waals surface area contributed by atoms with E-state index >= 15 is 0 Å². The molecule has 1 aromatic heterocycles. The van der Waals surface area contributed by atoms with Gasteiger partial charge in [-0.2, -0.15) is 0 Å². The van der Waals surface area contributed by atoms with E-state index in [4.69, 9.17) is 9.26 Å². The lowest BCUT2D eigenvalue weighted by Gasteiger charge is -2.22. The Kier molecular flexibility index (Phi) is 9.21. The number of anilines is 1. The summed E-state index contributed by atoms with van der Waals surface area (Å²) in [4.78, 5) is 26.8. The Bertz CT molecular complexity index is 714. The number of rotatable bonds is 12. The molecule has 0 aliphatic heterocycles. The molecule has 28 heavy (non-hydrogen) atoms. The first kappa shape index (κ1) is 21.6. The van der Waals surface area contributed by atoms with Crippen molar-refractivity contribution in [1.29, 1.82) is 0 Å². The van der Waals surface area contributed by atoms with Crippen molar-refractivity contribution in [1.82, 2.24) is 10.1 Å². The Balaban J connectivity index is 2.01. The Morgan fingerprint density at radius 3 is 2.57 bits per heavy atom. The van der Waals surface area contributed by atoms with E-state index in [1.807, 2.05) is 31.2 Å². The summed E-state index contributed by atoms with van der Waals surface area (Å²) in [5.74, 6) is -0.168. The van der Waals surface area contributed by atoms with Crippen molar-refractivity contribution in [3.05, 3.63) is 47.7 Å². The molecule has 0 unspecified atom stereocenters. The summed E-state index contributed by atoms with van der Waals surface area (Å²) < 4.78 is 10.1. The minimum Gasteiger partial charge on any atom is -0.382 e. The molecular formula is C21H29N3O4. The minimum absolute atomic E-state index is 0.0601. The topological polar surface area (TPSA) is 84.7 Å². The molecule has 0 saturated carbocycles. The van der Waals surface area contributed by atoms with Gasteiger partial charge in [0.05, 0.1) is 0 Å². The normalized spacial score (nSPS) is 10.6. The number of aryl methyl sites for hydroxylation is 1. The van der Waals surface area contributed by atoms with Gasteiger partial charge in [0.15, 0.2) is 5.82 Å². The largest absolute Gasteiger partial charge is 0.382 e. The summed E-state index contributed by atoms with van der Waals surface area (Å²) >= 11 is 0. The van der Waals surface area contributed by atoms with Gasteiger partial charge < -0.3 is 19.5 Å². The number of nitrogens with one attached hydrogen (secondary N) is 1. The van der Waals surface area contributed by atoms with Crippen LogP contribution in [0.3, 0.4) is 0 Å². The number of nitrogens with zero attached hydrogens (tertiary/aromatic N) is 2. The molecule has 7 nitrogen and oxygen atoms in total. The van der Waals surface area contributed by atoms with Gasteiger partial charge in [-0.3, -0.25) is 9.59 Å². The third-order valence-corrected chi connectivity index (χ3v) is 4.27. The molecule has 0 bridgehead atoms. The van der Waals surface area contributed by atoms with Gasteiger partial charge in [-0.15, -0.1) is 0 Å². The zero-order valence-electron chi connectivity index (χ0n) is 16.6. The highest BCUT2D eigenvalue weighted by molar-refractivity contribution is 5.99. The van der Waals surface area contributed by atoms with Crippen LogP contribution in [0.1, 0.15) is 49.0 Å². The number of ether oxygens (including phenoxy) is 1. The Morgan fingerprint density at radius 2 is 1.93 bits per heavy atom. The van der Waals surface area contributed by atoms with Gasteiger partial charge in [-0.1, -0.05) is 30.6 Å². The van der Waals surface area contributed by atoms with E-state index in [2.05, 4.69) is 17.4 Å². The third kappa shape index (κ3) is 7.15. The Morgan fingerprint density at radius 1 is 1.14 bits per heavy atom. The maximum absolute atomic E-state index is 12.9. The SMILES string of the molecule is CCCCc1ccc(C(=O)N(CCCOCC)CC(=O)Nc2ccon2)cc1. The molecule has 0 aliphatic rings. The molecule has 0 saturated heterocycles. The van der Waals surface area contributed by atoms with Crippen molar-refractivity contribution < 1.29 is 18.8 Å². The van der Waals surface area contributed by atoms with Gasteiger partial charge in [-0.05, 0) is 43.9 Å². The molecule has 0 radical (unpaired) electrons. The van der Waals surface area contributed by atoms with E-state index in [0.29, 0.717) is 37.6 Å². The van der Waals surface area contributed by atoms with Crippen LogP contribution < -0.4 is 5.32 Å². The van der Waals surface area contributed by atoms with Crippen LogP contribution in [-0.4, -0.2) is 48.2 Å². The highest BCUT2D eigenvalue weighted by Crippen LogP contribution is 2.11. The lowest BCUT2D eigenvalue weighted by atomic mass is 10.1. The molecule has 2 amide bonds. The number of carbonyl (C=O) groups is 2. The fourth-order valence-electron chi connectivity index (χ4n) is 2.76. The highest BCUT2D eigenvalue weighted by atomic mass is 16.5. The highest BCUT2D eigenvalue weighted by Gasteiger charge is 2.19. The van der Waals surface area contributed by atoms with E-state index in [-0.39, 0.29) is 18.4 Å². The van der Waals surface area contributed by atoms with E-state index < -0.39 is 0 Å². The lowest BCUT2D eigenvalue weighted by Crippen LogP contribution is -2.39. The van der Waals surface area contributed by atoms with Crippen molar-refractivity contribution in [3.63, 3.8) is 0 Å². The predicted octanol–water partition coefficient (Wildman–Crippen LogP) is 3.52. The standard InChI is InChI=1S/C21H29N3O4/c1-3-5-7-17-8-10-18(11-9-17)21(26)24(13-6-14-27-4-2)16-20(25)22-19-12-15-28-23-19/h8-12,15H,3-7,13-14,16H2,1-2H3,(H,22,23,25).